The summed E-state index contributed by atoms with van der Waals surface area (Å²) >= 11 is 4.85. The van der Waals surface area contributed by atoms with Crippen molar-refractivity contribution in [2.24, 2.45) is 34.5 Å². The van der Waals surface area contributed by atoms with Gasteiger partial charge in [0, 0.05) is 11.2 Å². The van der Waals surface area contributed by atoms with Crippen molar-refractivity contribution >= 4 is 18.4 Å². The van der Waals surface area contributed by atoms with Crippen LogP contribution in [-0.2, 0) is 4.79 Å². The van der Waals surface area contributed by atoms with Crippen molar-refractivity contribution in [2.75, 3.05) is 0 Å². The van der Waals surface area contributed by atoms with Gasteiger partial charge in [-0.1, -0.05) is 25.5 Å². The molecule has 0 heterocycles. The van der Waals surface area contributed by atoms with Gasteiger partial charge in [0.05, 0.1) is 6.10 Å². The Bertz CT molecular complexity index is 584. The molecule has 3 heteroatoms. The molecule has 0 aromatic heterocycles. The summed E-state index contributed by atoms with van der Waals surface area (Å²) in [7, 11) is 0. The van der Waals surface area contributed by atoms with E-state index < -0.39 is 0 Å². The van der Waals surface area contributed by atoms with Gasteiger partial charge in [0.25, 0.3) is 0 Å². The van der Waals surface area contributed by atoms with Gasteiger partial charge in [-0.05, 0) is 80.5 Å². The van der Waals surface area contributed by atoms with Crippen molar-refractivity contribution in [3.8, 4) is 0 Å². The molecule has 0 spiro atoms. The second-order valence-corrected chi connectivity index (χ2v) is 10.3. The molecule has 8 unspecified atom stereocenters. The summed E-state index contributed by atoms with van der Waals surface area (Å²) in [5, 5.41) is 10.3. The van der Waals surface area contributed by atoms with E-state index in [4.69, 9.17) is 12.6 Å². The number of ketones is 1. The molecule has 24 heavy (non-hydrogen) atoms. The SMILES string of the molecule is CC(=O)C1C(S)CC2C3CC=C4CC(O)CCC4(C)C3CCC21C. The highest BCUT2D eigenvalue weighted by Gasteiger charge is 2.61. The van der Waals surface area contributed by atoms with Crippen molar-refractivity contribution in [3.05, 3.63) is 11.6 Å². The fourth-order valence-corrected chi connectivity index (χ4v) is 8.17. The molecule has 0 bridgehead atoms. The minimum Gasteiger partial charge on any atom is -0.393 e. The van der Waals surface area contributed by atoms with Crippen LogP contribution in [0.15, 0.2) is 11.6 Å². The minimum absolute atomic E-state index is 0.134. The van der Waals surface area contributed by atoms with Gasteiger partial charge < -0.3 is 5.11 Å². The third kappa shape index (κ3) is 2.23. The lowest BCUT2D eigenvalue weighted by molar-refractivity contribution is -0.127. The van der Waals surface area contributed by atoms with E-state index in [-0.39, 0.29) is 28.1 Å². The number of allylic oxidation sites excluding steroid dienone is 1. The first kappa shape index (κ1) is 17.1. The zero-order valence-corrected chi connectivity index (χ0v) is 16.2. The Labute approximate surface area is 151 Å². The average molecular weight is 349 g/mol. The highest BCUT2D eigenvalue weighted by Crippen LogP contribution is 2.66. The topological polar surface area (TPSA) is 37.3 Å². The van der Waals surface area contributed by atoms with Crippen LogP contribution in [0.3, 0.4) is 0 Å². The number of carbonyl (C=O) groups is 1. The van der Waals surface area contributed by atoms with E-state index in [0.29, 0.717) is 17.6 Å². The van der Waals surface area contributed by atoms with Crippen LogP contribution in [0, 0.1) is 34.5 Å². The van der Waals surface area contributed by atoms with E-state index >= 15 is 0 Å². The number of thiol groups is 1. The van der Waals surface area contributed by atoms with Gasteiger partial charge >= 0.3 is 0 Å². The molecule has 0 aliphatic heterocycles. The van der Waals surface area contributed by atoms with E-state index in [0.717, 1.165) is 38.0 Å². The van der Waals surface area contributed by atoms with Crippen LogP contribution in [0.25, 0.3) is 0 Å². The van der Waals surface area contributed by atoms with Crippen LogP contribution in [0.5, 0.6) is 0 Å². The number of Topliss-reactive ketones (excluding diaryl/α,β-unsaturated/α-hetero) is 1. The molecule has 134 valence electrons. The Hall–Kier alpha value is -0.280. The first-order chi connectivity index (χ1) is 11.3. The van der Waals surface area contributed by atoms with Crippen LogP contribution in [0.4, 0.5) is 0 Å². The van der Waals surface area contributed by atoms with Gasteiger partial charge in [0.2, 0.25) is 0 Å². The molecule has 0 radical (unpaired) electrons. The van der Waals surface area contributed by atoms with Crippen LogP contribution in [0.2, 0.25) is 0 Å². The van der Waals surface area contributed by atoms with Gasteiger partial charge in [-0.3, -0.25) is 4.79 Å². The Morgan fingerprint density at radius 1 is 1.25 bits per heavy atom. The summed E-state index contributed by atoms with van der Waals surface area (Å²) in [6.07, 6.45) is 9.95. The molecule has 3 saturated carbocycles. The summed E-state index contributed by atoms with van der Waals surface area (Å²) < 4.78 is 0. The molecule has 4 aliphatic carbocycles. The molecular weight excluding hydrogens is 316 g/mol. The Morgan fingerprint density at radius 2 is 2.00 bits per heavy atom. The third-order valence-corrected chi connectivity index (χ3v) is 9.05. The number of carbonyl (C=O) groups excluding carboxylic acids is 1. The fourth-order valence-electron chi connectivity index (χ4n) is 7.39. The predicted molar refractivity (Wildman–Crippen MR) is 100 cm³/mol. The summed E-state index contributed by atoms with van der Waals surface area (Å²) in [6.45, 7) is 6.61. The molecule has 1 N–H and O–H groups in total. The average Bonchev–Trinajstić information content (AvgIpc) is 2.78. The van der Waals surface area contributed by atoms with Gasteiger partial charge in [0.15, 0.2) is 0 Å². The quantitative estimate of drug-likeness (QED) is 0.543. The van der Waals surface area contributed by atoms with Crippen LogP contribution >= 0.6 is 12.6 Å². The van der Waals surface area contributed by atoms with Crippen LogP contribution in [-0.4, -0.2) is 22.2 Å². The van der Waals surface area contributed by atoms with Crippen molar-refractivity contribution in [1.82, 2.24) is 0 Å². The van der Waals surface area contributed by atoms with Gasteiger partial charge in [0.1, 0.15) is 5.78 Å². The lowest BCUT2D eigenvalue weighted by Gasteiger charge is -2.57. The number of aliphatic hydroxyl groups is 1. The largest absolute Gasteiger partial charge is 0.393 e. The molecule has 0 saturated heterocycles. The summed E-state index contributed by atoms with van der Waals surface area (Å²) in [5.41, 5.74) is 1.95. The maximum atomic E-state index is 12.3. The molecule has 4 aliphatic rings. The monoisotopic (exact) mass is 348 g/mol. The van der Waals surface area contributed by atoms with Gasteiger partial charge in [-0.25, -0.2) is 0 Å². The van der Waals surface area contributed by atoms with Gasteiger partial charge in [-0.15, -0.1) is 0 Å². The number of aliphatic hydroxyl groups excluding tert-OH is 1. The molecule has 3 fully saturated rings. The van der Waals surface area contributed by atoms with Crippen LogP contribution in [0.1, 0.15) is 65.7 Å². The van der Waals surface area contributed by atoms with Crippen molar-refractivity contribution in [2.45, 2.75) is 77.1 Å². The third-order valence-electron chi connectivity index (χ3n) is 8.54. The number of fused-ring (bicyclic) bond motifs is 5. The Kier molecular flexibility index (Phi) is 4.01. The van der Waals surface area contributed by atoms with E-state index in [1.165, 1.54) is 18.4 Å². The van der Waals surface area contributed by atoms with E-state index in [1.54, 1.807) is 6.92 Å². The van der Waals surface area contributed by atoms with Crippen molar-refractivity contribution in [1.29, 1.82) is 0 Å². The lowest BCUT2D eigenvalue weighted by atomic mass is 9.47. The Balaban J connectivity index is 1.68. The van der Waals surface area contributed by atoms with Crippen molar-refractivity contribution < 1.29 is 9.90 Å². The van der Waals surface area contributed by atoms with E-state index in [2.05, 4.69) is 19.9 Å². The zero-order chi connectivity index (χ0) is 17.3. The second-order valence-electron chi connectivity index (χ2n) is 9.59. The highest BCUT2D eigenvalue weighted by molar-refractivity contribution is 7.81. The fraction of sp³-hybridized carbons (Fsp3) is 0.857. The normalized spacial score (nSPS) is 53.6. The van der Waals surface area contributed by atoms with E-state index in [1.807, 2.05) is 0 Å². The van der Waals surface area contributed by atoms with Crippen LogP contribution < -0.4 is 0 Å². The molecule has 4 rings (SSSR count). The summed E-state index contributed by atoms with van der Waals surface area (Å²) in [6, 6.07) is 0. The van der Waals surface area contributed by atoms with E-state index in [9.17, 15) is 9.90 Å². The summed E-state index contributed by atoms with van der Waals surface area (Å²) in [5.74, 6) is 2.55. The minimum atomic E-state index is -0.134. The van der Waals surface area contributed by atoms with Crippen molar-refractivity contribution in [3.63, 3.8) is 0 Å². The number of hydrogen-bond acceptors (Lipinski definition) is 3. The predicted octanol–water partition coefficient (Wildman–Crippen LogP) is 4.42. The molecular formula is C21H32O2S. The maximum absolute atomic E-state index is 12.3. The molecule has 0 aromatic carbocycles. The molecule has 0 amide bonds. The first-order valence-electron chi connectivity index (χ1n) is 9.83. The smallest absolute Gasteiger partial charge is 0.134 e. The number of hydrogen-bond donors (Lipinski definition) is 2. The molecule has 8 atom stereocenters. The Morgan fingerprint density at radius 3 is 2.71 bits per heavy atom. The van der Waals surface area contributed by atoms with Gasteiger partial charge in [-0.2, -0.15) is 12.6 Å². The molecule has 2 nitrogen and oxygen atoms in total. The standard InChI is InChI=1S/C21H32O2S/c1-12(22)19-18(24)11-17-15-5-4-13-10-14(23)6-8-20(13,2)16(15)7-9-21(17,19)3/h4,14-19,23-24H,5-11H2,1-3H3. The first-order valence-corrected chi connectivity index (χ1v) is 10.3. The highest BCUT2D eigenvalue weighted by atomic mass is 32.1. The molecule has 0 aromatic rings. The maximum Gasteiger partial charge on any atom is 0.134 e. The number of rotatable bonds is 1. The second kappa shape index (κ2) is 5.61. The lowest BCUT2D eigenvalue weighted by Crippen LogP contribution is -2.51. The zero-order valence-electron chi connectivity index (χ0n) is 15.3. The summed E-state index contributed by atoms with van der Waals surface area (Å²) in [4.78, 5) is 12.3.